The van der Waals surface area contributed by atoms with Crippen LogP contribution in [0.4, 0.5) is 17.3 Å². The van der Waals surface area contributed by atoms with E-state index in [9.17, 15) is 10.1 Å². The summed E-state index contributed by atoms with van der Waals surface area (Å²) in [6.45, 7) is 2.86. The number of nitrogens with two attached hydrogens (primary N) is 1. The molecule has 0 radical (unpaired) electrons. The van der Waals surface area contributed by atoms with Crippen molar-refractivity contribution in [3.63, 3.8) is 0 Å². The zero-order valence-corrected chi connectivity index (χ0v) is 15.2. The Morgan fingerprint density at radius 2 is 2.22 bits per heavy atom. The fourth-order valence-electron chi connectivity index (χ4n) is 2.88. The number of carbonyl (C=O) groups excluding carboxylic acids is 1. The molecular formula is C19H21N5O3. The molecule has 0 amide bonds. The van der Waals surface area contributed by atoms with E-state index in [4.69, 9.17) is 15.2 Å². The van der Waals surface area contributed by atoms with E-state index in [1.165, 1.54) is 13.2 Å². The highest BCUT2D eigenvalue weighted by Crippen LogP contribution is 2.27. The fraction of sp³-hybridized carbons (Fsp3) is 0.316. The van der Waals surface area contributed by atoms with Gasteiger partial charge in [0.2, 0.25) is 0 Å². The molecule has 8 nitrogen and oxygen atoms in total. The van der Waals surface area contributed by atoms with E-state index < -0.39 is 5.97 Å². The molecule has 0 aliphatic carbocycles. The topological polar surface area (TPSA) is 122 Å². The lowest BCUT2D eigenvalue weighted by molar-refractivity contribution is 0.0601. The maximum atomic E-state index is 12.3. The van der Waals surface area contributed by atoms with Gasteiger partial charge in [0.05, 0.1) is 38.0 Å². The van der Waals surface area contributed by atoms with Crippen molar-refractivity contribution in [2.24, 2.45) is 5.73 Å². The summed E-state index contributed by atoms with van der Waals surface area (Å²) in [5.41, 5.74) is 8.03. The summed E-state index contributed by atoms with van der Waals surface area (Å²) >= 11 is 0. The van der Waals surface area contributed by atoms with Gasteiger partial charge in [-0.1, -0.05) is 12.1 Å². The van der Waals surface area contributed by atoms with Crippen LogP contribution in [-0.2, 0) is 9.47 Å². The molecule has 0 unspecified atom stereocenters. The standard InChI is InChI=1S/C19H21N5O3/c1-11-4-3-5-13(6-11)22-18-17(19(25)26-2)12(8-20)7-16(24-18)23-15-10-27-9-14(15)21/h3-7,14-15H,9-10,21H2,1-2H3,(H2,22,23,24)/t14-,15+/m0/s1. The van der Waals surface area contributed by atoms with E-state index >= 15 is 0 Å². The van der Waals surface area contributed by atoms with E-state index in [2.05, 4.69) is 15.6 Å². The highest BCUT2D eigenvalue weighted by molar-refractivity contribution is 5.98. The van der Waals surface area contributed by atoms with E-state index in [1.54, 1.807) is 0 Å². The van der Waals surface area contributed by atoms with Gasteiger partial charge in [-0.3, -0.25) is 0 Å². The third kappa shape index (κ3) is 4.16. The van der Waals surface area contributed by atoms with Crippen LogP contribution >= 0.6 is 0 Å². The Bertz CT molecular complexity index is 893. The number of ether oxygens (including phenoxy) is 2. The number of carbonyl (C=O) groups is 1. The van der Waals surface area contributed by atoms with Crippen LogP contribution in [-0.4, -0.2) is 43.4 Å². The lowest BCUT2D eigenvalue weighted by atomic mass is 10.1. The number of aryl methyl sites for hydroxylation is 1. The van der Waals surface area contributed by atoms with Crippen molar-refractivity contribution in [1.29, 1.82) is 5.26 Å². The van der Waals surface area contributed by atoms with Crippen molar-refractivity contribution < 1.29 is 14.3 Å². The molecule has 1 saturated heterocycles. The summed E-state index contributed by atoms with van der Waals surface area (Å²) in [5.74, 6) is 0.0310. The maximum Gasteiger partial charge on any atom is 0.343 e. The number of esters is 1. The molecule has 1 aliphatic rings. The van der Waals surface area contributed by atoms with E-state index in [0.717, 1.165) is 11.3 Å². The number of aromatic nitrogens is 1. The van der Waals surface area contributed by atoms with Gasteiger partial charge >= 0.3 is 5.97 Å². The second-order valence-corrected chi connectivity index (χ2v) is 6.33. The van der Waals surface area contributed by atoms with Crippen LogP contribution < -0.4 is 16.4 Å². The predicted octanol–water partition coefficient (Wildman–Crippen LogP) is 1.93. The average Bonchev–Trinajstić information content (AvgIpc) is 3.05. The number of rotatable bonds is 5. The zero-order chi connectivity index (χ0) is 19.4. The summed E-state index contributed by atoms with van der Waals surface area (Å²) in [7, 11) is 1.26. The third-order valence-corrected chi connectivity index (χ3v) is 4.27. The molecular weight excluding hydrogens is 346 g/mol. The van der Waals surface area contributed by atoms with Crippen molar-refractivity contribution in [2.45, 2.75) is 19.0 Å². The van der Waals surface area contributed by atoms with E-state index in [0.29, 0.717) is 19.0 Å². The highest BCUT2D eigenvalue weighted by Gasteiger charge is 2.27. The first-order valence-electron chi connectivity index (χ1n) is 8.49. The SMILES string of the molecule is COC(=O)c1c(C#N)cc(N[C@@H]2COC[C@@H]2N)nc1Nc1cccc(C)c1. The molecule has 140 valence electrons. The smallest absolute Gasteiger partial charge is 0.343 e. The molecule has 0 bridgehead atoms. The van der Waals surface area contributed by atoms with Crippen LogP contribution in [0.2, 0.25) is 0 Å². The van der Waals surface area contributed by atoms with Gasteiger partial charge in [-0.2, -0.15) is 5.26 Å². The van der Waals surface area contributed by atoms with Crippen LogP contribution in [0.5, 0.6) is 0 Å². The van der Waals surface area contributed by atoms with Gasteiger partial charge in [0.25, 0.3) is 0 Å². The number of anilines is 3. The average molecular weight is 367 g/mol. The molecule has 8 heteroatoms. The largest absolute Gasteiger partial charge is 0.465 e. The highest BCUT2D eigenvalue weighted by atomic mass is 16.5. The number of nitrogens with one attached hydrogen (secondary N) is 2. The first-order valence-corrected chi connectivity index (χ1v) is 8.49. The van der Waals surface area contributed by atoms with Gasteiger partial charge in [-0.05, 0) is 30.7 Å². The monoisotopic (exact) mass is 367 g/mol. The Morgan fingerprint density at radius 1 is 1.41 bits per heavy atom. The van der Waals surface area contributed by atoms with Crippen molar-refractivity contribution in [2.75, 3.05) is 31.0 Å². The molecule has 1 aromatic heterocycles. The molecule has 4 N–H and O–H groups in total. The summed E-state index contributed by atoms with van der Waals surface area (Å²) in [4.78, 5) is 16.8. The summed E-state index contributed by atoms with van der Waals surface area (Å²) in [6, 6.07) is 10.9. The van der Waals surface area contributed by atoms with Crippen molar-refractivity contribution in [3.8, 4) is 6.07 Å². The quantitative estimate of drug-likeness (QED) is 0.685. The van der Waals surface area contributed by atoms with E-state index in [1.807, 2.05) is 37.3 Å². The molecule has 2 heterocycles. The maximum absolute atomic E-state index is 12.3. The zero-order valence-electron chi connectivity index (χ0n) is 15.2. The molecule has 27 heavy (non-hydrogen) atoms. The summed E-state index contributed by atoms with van der Waals surface area (Å²) in [6.07, 6.45) is 0. The molecule has 1 fully saturated rings. The Labute approximate surface area is 157 Å². The number of pyridine rings is 1. The molecule has 2 aromatic rings. The minimum Gasteiger partial charge on any atom is -0.465 e. The van der Waals surface area contributed by atoms with Gasteiger partial charge in [-0.15, -0.1) is 0 Å². The van der Waals surface area contributed by atoms with Crippen LogP contribution in [0.3, 0.4) is 0 Å². The Hall–Kier alpha value is -3.15. The number of nitrogens with zero attached hydrogens (tertiary/aromatic N) is 2. The lowest BCUT2D eigenvalue weighted by Crippen LogP contribution is -2.39. The summed E-state index contributed by atoms with van der Waals surface area (Å²) in [5, 5.41) is 15.8. The number of methoxy groups -OCH3 is 1. The van der Waals surface area contributed by atoms with Gasteiger partial charge in [-0.25, -0.2) is 9.78 Å². The number of hydrogen-bond acceptors (Lipinski definition) is 8. The van der Waals surface area contributed by atoms with Crippen LogP contribution in [0.1, 0.15) is 21.5 Å². The van der Waals surface area contributed by atoms with Crippen molar-refractivity contribution in [1.82, 2.24) is 4.98 Å². The lowest BCUT2D eigenvalue weighted by Gasteiger charge is -2.18. The fourth-order valence-corrected chi connectivity index (χ4v) is 2.88. The number of benzene rings is 1. The molecule has 0 saturated carbocycles. The first-order chi connectivity index (χ1) is 13.0. The van der Waals surface area contributed by atoms with Crippen molar-refractivity contribution in [3.05, 3.63) is 47.0 Å². The van der Waals surface area contributed by atoms with Gasteiger partial charge < -0.3 is 25.8 Å². The second kappa shape index (κ2) is 8.03. The Balaban J connectivity index is 2.02. The minimum atomic E-state index is -0.637. The third-order valence-electron chi connectivity index (χ3n) is 4.27. The van der Waals surface area contributed by atoms with E-state index in [-0.39, 0.29) is 29.0 Å². The molecule has 2 atom stereocenters. The normalized spacial score (nSPS) is 18.6. The molecule has 1 aromatic carbocycles. The van der Waals surface area contributed by atoms with Gasteiger partial charge in [0.1, 0.15) is 23.3 Å². The van der Waals surface area contributed by atoms with Crippen LogP contribution in [0, 0.1) is 18.3 Å². The first kappa shape index (κ1) is 18.6. The Morgan fingerprint density at radius 3 is 2.85 bits per heavy atom. The van der Waals surface area contributed by atoms with Crippen LogP contribution in [0.25, 0.3) is 0 Å². The van der Waals surface area contributed by atoms with Gasteiger partial charge in [0, 0.05) is 5.69 Å². The summed E-state index contributed by atoms with van der Waals surface area (Å²) < 4.78 is 10.2. The van der Waals surface area contributed by atoms with Crippen LogP contribution in [0.15, 0.2) is 30.3 Å². The van der Waals surface area contributed by atoms with Crippen molar-refractivity contribution >= 4 is 23.3 Å². The predicted molar refractivity (Wildman–Crippen MR) is 101 cm³/mol. The minimum absolute atomic E-state index is 0.0824. The van der Waals surface area contributed by atoms with Gasteiger partial charge in [0.15, 0.2) is 0 Å². The number of nitriles is 1. The molecule has 0 spiro atoms. The second-order valence-electron chi connectivity index (χ2n) is 6.33. The molecule has 1 aliphatic heterocycles. The number of hydrogen-bond donors (Lipinski definition) is 3. The Kier molecular flexibility index (Phi) is 5.54. The molecule has 3 rings (SSSR count).